The molecule has 0 unspecified atom stereocenters. The Kier molecular flexibility index (Phi) is 7.11. The normalized spacial score (nSPS) is 12.2. The van der Waals surface area contributed by atoms with E-state index in [1.54, 1.807) is 42.5 Å². The number of aromatic nitrogens is 1. The zero-order chi connectivity index (χ0) is 19.8. The number of halogens is 2. The molecule has 6 nitrogen and oxygen atoms in total. The molecule has 1 aromatic heterocycles. The van der Waals surface area contributed by atoms with Crippen LogP contribution in [0.2, 0.25) is 5.02 Å². The third-order valence-corrected chi connectivity index (χ3v) is 7.20. The van der Waals surface area contributed by atoms with Gasteiger partial charge in [-0.05, 0) is 36.4 Å². The molecule has 0 fully saturated rings. The Labute approximate surface area is 183 Å². The number of hydrogen-bond donors (Lipinski definition) is 1. The average molecular weight is 505 g/mol. The Morgan fingerprint density at radius 2 is 1.79 bits per heavy atom. The number of thiazole rings is 1. The van der Waals surface area contributed by atoms with Gasteiger partial charge in [0.1, 0.15) is 10.6 Å². The number of aromatic hydroxyl groups is 1. The van der Waals surface area contributed by atoms with Crippen molar-refractivity contribution < 1.29 is 13.5 Å². The number of sulfonamides is 1. The van der Waals surface area contributed by atoms with Crippen molar-refractivity contribution in [2.45, 2.75) is 4.90 Å². The topological polar surface area (TPSA) is 74.9 Å². The highest BCUT2D eigenvalue weighted by Gasteiger charge is 2.22. The molecular formula is C18H19BrClN3O3S2. The maximum absolute atomic E-state index is 12.5. The quantitative estimate of drug-likeness (QED) is 0.579. The Hall–Kier alpha value is -1.65. The van der Waals surface area contributed by atoms with E-state index in [1.807, 2.05) is 17.0 Å². The summed E-state index contributed by atoms with van der Waals surface area (Å²) in [6.45, 7) is 0. The fourth-order valence-corrected chi connectivity index (χ4v) is 4.75. The van der Waals surface area contributed by atoms with Crippen LogP contribution in [0.15, 0.2) is 57.7 Å². The molecule has 150 valence electrons. The summed E-state index contributed by atoms with van der Waals surface area (Å²) in [7, 11) is 1.15. The van der Waals surface area contributed by atoms with Crippen molar-refractivity contribution in [1.82, 2.24) is 8.87 Å². The molecule has 3 rings (SSSR count). The van der Waals surface area contributed by atoms with E-state index in [0.29, 0.717) is 5.69 Å². The molecule has 2 aromatic carbocycles. The molecular weight excluding hydrogens is 486 g/mol. The third-order valence-electron chi connectivity index (χ3n) is 3.98. The maximum atomic E-state index is 12.5. The van der Waals surface area contributed by atoms with Gasteiger partial charge >= 0.3 is 0 Å². The number of benzene rings is 2. The van der Waals surface area contributed by atoms with Gasteiger partial charge < -0.3 is 9.67 Å². The van der Waals surface area contributed by atoms with Crippen LogP contribution in [0.4, 0.5) is 5.69 Å². The van der Waals surface area contributed by atoms with E-state index >= 15 is 0 Å². The van der Waals surface area contributed by atoms with Crippen molar-refractivity contribution >= 4 is 55.6 Å². The predicted octanol–water partition coefficient (Wildman–Crippen LogP) is 4.17. The summed E-state index contributed by atoms with van der Waals surface area (Å²) in [6.07, 6.45) is 0. The molecule has 1 N–H and O–H groups in total. The van der Waals surface area contributed by atoms with Gasteiger partial charge in [-0.1, -0.05) is 17.7 Å². The van der Waals surface area contributed by atoms with E-state index < -0.39 is 10.0 Å². The van der Waals surface area contributed by atoms with Crippen molar-refractivity contribution in [3.05, 3.63) is 57.7 Å². The monoisotopic (exact) mass is 503 g/mol. The van der Waals surface area contributed by atoms with E-state index in [9.17, 15) is 13.5 Å². The average Bonchev–Trinajstić information content (AvgIpc) is 2.98. The van der Waals surface area contributed by atoms with Crippen LogP contribution < -0.4 is 4.80 Å². The molecule has 0 aliphatic carbocycles. The van der Waals surface area contributed by atoms with Gasteiger partial charge in [0.05, 0.1) is 16.4 Å². The number of rotatable bonds is 4. The Morgan fingerprint density at radius 1 is 1.14 bits per heavy atom. The molecule has 0 radical (unpaired) electrons. The lowest BCUT2D eigenvalue weighted by atomic mass is 10.2. The molecule has 0 bridgehead atoms. The zero-order valence-corrected chi connectivity index (χ0v) is 19.4. The highest BCUT2D eigenvalue weighted by molar-refractivity contribution is 8.93. The van der Waals surface area contributed by atoms with Crippen molar-refractivity contribution in [1.29, 1.82) is 0 Å². The Morgan fingerprint density at radius 3 is 2.39 bits per heavy atom. The molecule has 0 atom stereocenters. The van der Waals surface area contributed by atoms with Crippen molar-refractivity contribution in [3.63, 3.8) is 0 Å². The van der Waals surface area contributed by atoms with E-state index in [0.717, 1.165) is 20.4 Å². The molecule has 28 heavy (non-hydrogen) atoms. The summed E-state index contributed by atoms with van der Waals surface area (Å²) in [6, 6.07) is 11.5. The van der Waals surface area contributed by atoms with Crippen LogP contribution in [0, 0.1) is 0 Å². The first-order valence-corrected chi connectivity index (χ1v) is 10.6. The summed E-state index contributed by atoms with van der Waals surface area (Å²) < 4.78 is 28.0. The molecule has 1 heterocycles. The Balaban J connectivity index is 0.00000280. The summed E-state index contributed by atoms with van der Waals surface area (Å²) in [5, 5.41) is 11.5. The van der Waals surface area contributed by atoms with E-state index in [4.69, 9.17) is 11.6 Å². The Bertz CT molecular complexity index is 1150. The van der Waals surface area contributed by atoms with Gasteiger partial charge in [0, 0.05) is 32.1 Å². The van der Waals surface area contributed by atoms with E-state index in [2.05, 4.69) is 4.99 Å². The second kappa shape index (κ2) is 8.79. The first kappa shape index (κ1) is 22.6. The highest BCUT2D eigenvalue weighted by atomic mass is 79.9. The smallest absolute Gasteiger partial charge is 0.244 e. The molecule has 0 saturated carbocycles. The van der Waals surface area contributed by atoms with Crippen LogP contribution in [0.5, 0.6) is 5.75 Å². The minimum Gasteiger partial charge on any atom is -0.508 e. The second-order valence-electron chi connectivity index (χ2n) is 6.02. The highest BCUT2D eigenvalue weighted by Crippen LogP contribution is 2.29. The van der Waals surface area contributed by atoms with Crippen LogP contribution in [-0.2, 0) is 17.1 Å². The van der Waals surface area contributed by atoms with Crippen LogP contribution in [-0.4, -0.2) is 36.5 Å². The largest absolute Gasteiger partial charge is 0.508 e. The van der Waals surface area contributed by atoms with Crippen LogP contribution in [0.3, 0.4) is 0 Å². The van der Waals surface area contributed by atoms with Crippen molar-refractivity contribution in [2.24, 2.45) is 12.0 Å². The fourth-order valence-electron chi connectivity index (χ4n) is 2.43. The van der Waals surface area contributed by atoms with Crippen molar-refractivity contribution in [2.75, 3.05) is 14.1 Å². The first-order chi connectivity index (χ1) is 12.7. The second-order valence-corrected chi connectivity index (χ2v) is 9.39. The first-order valence-electron chi connectivity index (χ1n) is 7.91. The molecule has 0 saturated heterocycles. The van der Waals surface area contributed by atoms with Gasteiger partial charge in [0.2, 0.25) is 10.0 Å². The predicted molar refractivity (Wildman–Crippen MR) is 118 cm³/mol. The number of phenolic OH excluding ortho intramolecular Hbond substituents is 1. The van der Waals surface area contributed by atoms with E-state index in [1.165, 1.54) is 25.4 Å². The number of nitrogens with zero attached hydrogens (tertiary/aromatic N) is 3. The maximum Gasteiger partial charge on any atom is 0.244 e. The molecule has 0 amide bonds. The van der Waals surface area contributed by atoms with Crippen molar-refractivity contribution in [3.8, 4) is 17.0 Å². The van der Waals surface area contributed by atoms with E-state index in [-0.39, 0.29) is 32.6 Å². The molecule has 3 aromatic rings. The lowest BCUT2D eigenvalue weighted by Crippen LogP contribution is -2.22. The standard InChI is InChI=1S/C18H18ClN3O3S2.BrH/c1-21(2)27(24,25)17-10-12(4-9-15(17)19)16-11-26-18(22(16)3)20-13-5-7-14(23)8-6-13;/h4-11,23H,1-3H3;1H/b20-18+;. The van der Waals surface area contributed by atoms with Crippen LogP contribution >= 0.6 is 39.9 Å². The molecule has 10 heteroatoms. The number of hydrogen-bond acceptors (Lipinski definition) is 5. The SMILES string of the molecule is Br.CN(C)S(=O)(=O)c1cc(-c2cs/c(=N/c3ccc(O)cc3)n2C)ccc1Cl. The lowest BCUT2D eigenvalue weighted by molar-refractivity contribution is 0.475. The summed E-state index contributed by atoms with van der Waals surface area (Å²) in [5.74, 6) is 0.181. The third kappa shape index (κ3) is 4.49. The van der Waals surface area contributed by atoms with Gasteiger partial charge in [-0.15, -0.1) is 28.3 Å². The summed E-state index contributed by atoms with van der Waals surface area (Å²) in [5.41, 5.74) is 2.26. The summed E-state index contributed by atoms with van der Waals surface area (Å²) >= 11 is 7.56. The van der Waals surface area contributed by atoms with Crippen LogP contribution in [0.1, 0.15) is 0 Å². The molecule has 0 aliphatic heterocycles. The fraction of sp³-hybridized carbons (Fsp3) is 0.167. The lowest BCUT2D eigenvalue weighted by Gasteiger charge is -2.14. The molecule has 0 spiro atoms. The number of phenols is 1. The minimum absolute atomic E-state index is 0. The van der Waals surface area contributed by atoms with Crippen LogP contribution in [0.25, 0.3) is 11.3 Å². The van der Waals surface area contributed by atoms with Gasteiger partial charge in [-0.25, -0.2) is 17.7 Å². The molecule has 0 aliphatic rings. The summed E-state index contributed by atoms with van der Waals surface area (Å²) in [4.78, 5) is 5.37. The minimum atomic E-state index is -3.65. The van der Waals surface area contributed by atoms with Gasteiger partial charge in [0.15, 0.2) is 4.80 Å². The van der Waals surface area contributed by atoms with Gasteiger partial charge in [0.25, 0.3) is 0 Å². The van der Waals surface area contributed by atoms with Gasteiger partial charge in [-0.2, -0.15) is 0 Å². The zero-order valence-electron chi connectivity index (χ0n) is 15.3. The van der Waals surface area contributed by atoms with Gasteiger partial charge in [-0.3, -0.25) is 0 Å².